The lowest BCUT2D eigenvalue weighted by molar-refractivity contribution is -0.154. The predicted octanol–water partition coefficient (Wildman–Crippen LogP) is 2.25. The van der Waals surface area contributed by atoms with Crippen LogP contribution in [-0.4, -0.2) is 69.6 Å². The Kier molecular flexibility index (Phi) is 8.63. The molecule has 17 heteroatoms. The number of carboxylic acids is 1. The van der Waals surface area contributed by atoms with Crippen LogP contribution in [0.5, 0.6) is 0 Å². The highest BCUT2D eigenvalue weighted by molar-refractivity contribution is 7.90. The van der Waals surface area contributed by atoms with Crippen molar-refractivity contribution in [2.75, 3.05) is 0 Å². The summed E-state index contributed by atoms with van der Waals surface area (Å²) in [5, 5.41) is 11.2. The Balaban J connectivity index is 2.41. The van der Waals surface area contributed by atoms with Crippen LogP contribution < -0.4 is 16.6 Å². The number of aliphatic carboxylic acids is 1. The highest BCUT2D eigenvalue weighted by atomic mass is 32.2. The molecule has 3 rings (SSSR count). The molecule has 2 aliphatic rings. The van der Waals surface area contributed by atoms with E-state index in [0.717, 1.165) is 4.57 Å². The molecule has 0 radical (unpaired) electrons. The molecule has 3 N–H and O–H groups in total. The summed E-state index contributed by atoms with van der Waals surface area (Å²) in [5.41, 5.74) is -4.10. The van der Waals surface area contributed by atoms with Crippen molar-refractivity contribution in [1.29, 1.82) is 0 Å². The fourth-order valence-corrected chi connectivity index (χ4v) is 7.63. The molecular formula is C25H41N3O11SSi2. The van der Waals surface area contributed by atoms with Gasteiger partial charge in [0.2, 0.25) is 5.60 Å². The van der Waals surface area contributed by atoms with Gasteiger partial charge < -0.3 is 24.0 Å². The van der Waals surface area contributed by atoms with Crippen molar-refractivity contribution in [3.8, 4) is 0 Å². The van der Waals surface area contributed by atoms with Crippen LogP contribution in [0.4, 0.5) is 0 Å². The molecule has 0 aliphatic carbocycles. The first-order valence-corrected chi connectivity index (χ1v) is 20.6. The SMILES string of the molecule is Cc1cn([C@@H]2OC(O[Si](C)(C)C(C)(C)C)C3(OS(=O)(=O)C=C3NC(=O)C(=O)O)C2O[Si](C)(C)C(C)(C)C)c(=O)[nH]c1=O. The van der Waals surface area contributed by atoms with Gasteiger partial charge in [0.25, 0.3) is 15.7 Å². The Morgan fingerprint density at radius 2 is 1.57 bits per heavy atom. The molecule has 1 amide bonds. The number of H-pyrrole nitrogens is 1. The van der Waals surface area contributed by atoms with Crippen LogP contribution >= 0.6 is 0 Å². The fourth-order valence-electron chi connectivity index (χ4n) is 4.00. The zero-order valence-corrected chi connectivity index (χ0v) is 28.6. The van der Waals surface area contributed by atoms with E-state index in [2.05, 4.69) is 10.3 Å². The van der Waals surface area contributed by atoms with Crippen LogP contribution in [-0.2, 0) is 37.5 Å². The smallest absolute Gasteiger partial charge is 0.394 e. The number of rotatable bonds is 6. The lowest BCUT2D eigenvalue weighted by atomic mass is 9.93. The number of ether oxygens (including phenoxy) is 1. The molecular weight excluding hydrogens is 607 g/mol. The number of nitrogens with one attached hydrogen (secondary N) is 2. The number of aryl methyl sites for hydroxylation is 1. The average Bonchev–Trinajstić information content (AvgIpc) is 3.21. The highest BCUT2D eigenvalue weighted by Gasteiger charge is 2.69. The minimum absolute atomic E-state index is 0.155. The first-order valence-electron chi connectivity index (χ1n) is 13.3. The lowest BCUT2D eigenvalue weighted by Gasteiger charge is -2.45. The van der Waals surface area contributed by atoms with E-state index in [1.165, 1.54) is 13.1 Å². The van der Waals surface area contributed by atoms with Gasteiger partial charge in [0.15, 0.2) is 29.2 Å². The second-order valence-corrected chi connectivity index (χ2v) is 24.6. The summed E-state index contributed by atoms with van der Waals surface area (Å²) >= 11 is 0. The van der Waals surface area contributed by atoms with Crippen molar-refractivity contribution in [3.63, 3.8) is 0 Å². The van der Waals surface area contributed by atoms with Gasteiger partial charge in [0.05, 0.1) is 11.1 Å². The van der Waals surface area contributed by atoms with Gasteiger partial charge in [0, 0.05) is 11.8 Å². The monoisotopic (exact) mass is 647 g/mol. The molecule has 236 valence electrons. The van der Waals surface area contributed by atoms with E-state index in [1.54, 1.807) is 0 Å². The topological polar surface area (TPSA) is 192 Å². The molecule has 1 aromatic heterocycles. The molecule has 1 spiro atoms. The third kappa shape index (κ3) is 6.13. The number of hydrogen-bond acceptors (Lipinski definition) is 10. The zero-order chi connectivity index (χ0) is 32.4. The van der Waals surface area contributed by atoms with E-state index in [9.17, 15) is 32.7 Å². The summed E-state index contributed by atoms with van der Waals surface area (Å²) in [5.74, 6) is -3.40. The first-order chi connectivity index (χ1) is 18.8. The first kappa shape index (κ1) is 34.1. The van der Waals surface area contributed by atoms with E-state index < -0.39 is 89.9 Å². The minimum atomic E-state index is -4.56. The summed E-state index contributed by atoms with van der Waals surface area (Å²) in [6, 6.07) is 0. The summed E-state index contributed by atoms with van der Waals surface area (Å²) in [6.07, 6.45) is -3.27. The van der Waals surface area contributed by atoms with Gasteiger partial charge in [0.1, 0.15) is 6.10 Å². The van der Waals surface area contributed by atoms with E-state index >= 15 is 0 Å². The normalized spacial score (nSPS) is 26.4. The summed E-state index contributed by atoms with van der Waals surface area (Å²) < 4.78 is 52.7. The molecule has 3 heterocycles. The number of amides is 1. The van der Waals surface area contributed by atoms with E-state index in [-0.39, 0.29) is 5.56 Å². The number of nitrogens with zero attached hydrogens (tertiary/aromatic N) is 1. The molecule has 1 saturated heterocycles. The average molecular weight is 648 g/mol. The number of carbonyl (C=O) groups is 2. The Bertz CT molecular complexity index is 1530. The van der Waals surface area contributed by atoms with Crippen molar-refractivity contribution in [1.82, 2.24) is 14.9 Å². The second kappa shape index (κ2) is 10.6. The maximum atomic E-state index is 13.1. The number of aromatic amines is 1. The standard InChI is InChI=1S/C25H41N3O11SSi2/c1-14-12-28(22(33)27-17(14)29)19-16(37-41(8,9)23(2,3)4)25(21(36-19)38-42(10,11)24(5,6)7)15(13-40(34,35)39-25)26-18(30)20(31)32/h12-13,16,19,21H,1-11H3,(H,26,30)(H,31,32)(H,27,29,33)/t16?,19-,21?,25?/m1/s1. The molecule has 2 aliphatic heterocycles. The van der Waals surface area contributed by atoms with Gasteiger partial charge in [-0.25, -0.2) is 13.8 Å². The predicted molar refractivity (Wildman–Crippen MR) is 157 cm³/mol. The van der Waals surface area contributed by atoms with Crippen molar-refractivity contribution in [2.24, 2.45) is 0 Å². The summed E-state index contributed by atoms with van der Waals surface area (Å²) in [7, 11) is -10.3. The highest BCUT2D eigenvalue weighted by Crippen LogP contribution is 2.54. The zero-order valence-electron chi connectivity index (χ0n) is 25.8. The van der Waals surface area contributed by atoms with Crippen molar-refractivity contribution in [2.45, 2.75) is 109 Å². The molecule has 3 unspecified atom stereocenters. The van der Waals surface area contributed by atoms with Crippen molar-refractivity contribution in [3.05, 3.63) is 43.7 Å². The van der Waals surface area contributed by atoms with Gasteiger partial charge in [-0.2, -0.15) is 8.42 Å². The van der Waals surface area contributed by atoms with E-state index in [1.807, 2.05) is 67.7 Å². The van der Waals surface area contributed by atoms with Gasteiger partial charge in [-0.3, -0.25) is 19.1 Å². The molecule has 1 aromatic rings. The third-order valence-corrected chi connectivity index (χ3v) is 18.4. The Morgan fingerprint density at radius 1 is 1.05 bits per heavy atom. The number of hydrogen-bond donors (Lipinski definition) is 3. The van der Waals surface area contributed by atoms with Gasteiger partial charge in [-0.15, -0.1) is 0 Å². The van der Waals surface area contributed by atoms with Crippen LogP contribution in [0.25, 0.3) is 0 Å². The molecule has 4 atom stereocenters. The van der Waals surface area contributed by atoms with Crippen LogP contribution in [0.1, 0.15) is 53.3 Å². The quantitative estimate of drug-likeness (QED) is 0.233. The molecule has 0 bridgehead atoms. The maximum absolute atomic E-state index is 13.1. The fraction of sp³-hybridized carbons (Fsp3) is 0.680. The Labute approximate surface area is 246 Å². The number of carboxylic acid groups (broad SMARTS) is 1. The second-order valence-electron chi connectivity index (χ2n) is 13.7. The largest absolute Gasteiger partial charge is 0.474 e. The van der Waals surface area contributed by atoms with Crippen LogP contribution in [0, 0.1) is 6.92 Å². The van der Waals surface area contributed by atoms with Crippen molar-refractivity contribution < 1.29 is 40.9 Å². The molecule has 42 heavy (non-hydrogen) atoms. The molecule has 14 nitrogen and oxygen atoms in total. The third-order valence-electron chi connectivity index (χ3n) is 8.53. The molecule has 0 aromatic carbocycles. The van der Waals surface area contributed by atoms with Crippen LogP contribution in [0.2, 0.25) is 36.3 Å². The van der Waals surface area contributed by atoms with E-state index in [4.69, 9.17) is 17.8 Å². The van der Waals surface area contributed by atoms with Gasteiger partial charge >= 0.3 is 17.6 Å². The van der Waals surface area contributed by atoms with Gasteiger partial charge in [-0.1, -0.05) is 41.5 Å². The van der Waals surface area contributed by atoms with Gasteiger partial charge in [-0.05, 0) is 43.2 Å². The number of carbonyl (C=O) groups excluding carboxylic acids is 1. The van der Waals surface area contributed by atoms with E-state index in [0.29, 0.717) is 5.41 Å². The van der Waals surface area contributed by atoms with Crippen LogP contribution in [0.3, 0.4) is 0 Å². The maximum Gasteiger partial charge on any atom is 0.394 e. The minimum Gasteiger partial charge on any atom is -0.474 e. The summed E-state index contributed by atoms with van der Waals surface area (Å²) in [6.45, 7) is 20.6. The number of aromatic nitrogens is 2. The lowest BCUT2D eigenvalue weighted by Crippen LogP contribution is -2.61. The van der Waals surface area contributed by atoms with Crippen molar-refractivity contribution >= 4 is 38.6 Å². The van der Waals surface area contributed by atoms with Crippen LogP contribution in [0.15, 0.2) is 26.9 Å². The molecule has 1 fully saturated rings. The Hall–Kier alpha value is -2.42. The Morgan fingerprint density at radius 3 is 2.07 bits per heavy atom. The molecule has 0 saturated carbocycles. The summed E-state index contributed by atoms with van der Waals surface area (Å²) in [4.78, 5) is 51.6.